The molecule has 0 radical (unpaired) electrons. The number of hydrogen-bond donors (Lipinski definition) is 0. The van der Waals surface area contributed by atoms with Gasteiger partial charge < -0.3 is 4.57 Å². The molecule has 8 aromatic carbocycles. The van der Waals surface area contributed by atoms with Crippen LogP contribution in [0.2, 0.25) is 0 Å². The molecule has 3 aromatic heterocycles. The summed E-state index contributed by atoms with van der Waals surface area (Å²) in [4.78, 5) is 9.51. The minimum Gasteiger partial charge on any atom is -0.308 e. The summed E-state index contributed by atoms with van der Waals surface area (Å²) in [5.41, 5.74) is 11.1. The van der Waals surface area contributed by atoms with Crippen LogP contribution >= 0.6 is 0 Å². The van der Waals surface area contributed by atoms with E-state index in [-0.39, 0.29) is 0 Å². The van der Waals surface area contributed by atoms with Crippen molar-refractivity contribution in [2.24, 2.45) is 0 Å². The average Bonchev–Trinajstić information content (AvgIpc) is 3.63. The van der Waals surface area contributed by atoms with Gasteiger partial charge in [0.15, 0.2) is 0 Å². The van der Waals surface area contributed by atoms with Gasteiger partial charge in [0.2, 0.25) is 0 Å². The van der Waals surface area contributed by atoms with Crippen LogP contribution < -0.4 is 0 Å². The van der Waals surface area contributed by atoms with E-state index in [1.54, 1.807) is 0 Å². The van der Waals surface area contributed by atoms with Gasteiger partial charge in [-0.3, -0.25) is 4.98 Å². The maximum atomic E-state index is 5.27. The van der Waals surface area contributed by atoms with Crippen LogP contribution in [-0.4, -0.2) is 14.5 Å². The number of aromatic nitrogens is 3. The highest BCUT2D eigenvalue weighted by Crippen LogP contribution is 2.51. The van der Waals surface area contributed by atoms with E-state index in [1.807, 2.05) is 24.5 Å². The highest BCUT2D eigenvalue weighted by Gasteiger charge is 2.27. The molecule has 0 aliphatic rings. The lowest BCUT2D eigenvalue weighted by Gasteiger charge is -2.17. The molecule has 11 rings (SSSR count). The van der Waals surface area contributed by atoms with Gasteiger partial charge in [-0.1, -0.05) is 146 Å². The van der Waals surface area contributed by atoms with Gasteiger partial charge in [0, 0.05) is 50.9 Å². The predicted octanol–water partition coefficient (Wildman–Crippen LogP) is 13.7. The summed E-state index contributed by atoms with van der Waals surface area (Å²) in [6, 6.07) is 67.9. The first kappa shape index (κ1) is 31.2. The van der Waals surface area contributed by atoms with Gasteiger partial charge in [-0.25, -0.2) is 4.98 Å². The quantitative estimate of drug-likeness (QED) is 0.167. The first-order chi connectivity index (χ1) is 27.3. The number of rotatable bonds is 5. The minimum absolute atomic E-state index is 0.927. The Hall–Kier alpha value is -7.36. The Morgan fingerprint density at radius 3 is 1.80 bits per heavy atom. The van der Waals surface area contributed by atoms with Gasteiger partial charge in [0.25, 0.3) is 0 Å². The lowest BCUT2D eigenvalue weighted by atomic mass is 9.87. The summed E-state index contributed by atoms with van der Waals surface area (Å²) in [6.07, 6.45) is 3.65. The molecule has 0 N–H and O–H groups in total. The van der Waals surface area contributed by atoms with Crippen molar-refractivity contribution in [3.8, 4) is 50.6 Å². The van der Waals surface area contributed by atoms with Gasteiger partial charge in [0.1, 0.15) is 0 Å². The van der Waals surface area contributed by atoms with Crippen molar-refractivity contribution in [1.82, 2.24) is 14.5 Å². The highest BCUT2D eigenvalue weighted by atomic mass is 15.0. The summed E-state index contributed by atoms with van der Waals surface area (Å²) in [5.74, 6) is 0. The third kappa shape index (κ3) is 4.98. The second kappa shape index (κ2) is 12.6. The maximum absolute atomic E-state index is 5.27. The Kier molecular flexibility index (Phi) is 7.17. The molecule has 0 fully saturated rings. The lowest BCUT2D eigenvalue weighted by molar-refractivity contribution is 1.14. The second-order valence-electron chi connectivity index (χ2n) is 14.1. The van der Waals surface area contributed by atoms with Crippen molar-refractivity contribution >= 4 is 54.0 Å². The van der Waals surface area contributed by atoms with E-state index in [1.165, 1.54) is 76.4 Å². The SMILES string of the molecule is c1ccc(-c2c(-c3ccccc3)n(-c3ccc4ccccc4c3)c3c4ccccc4c4cc(-c5cccc(-c6ccncc6)n5)c5ccccc5c4c23)cc1. The number of nitrogens with zero attached hydrogens (tertiary/aromatic N) is 3. The van der Waals surface area contributed by atoms with Crippen LogP contribution in [0.5, 0.6) is 0 Å². The molecule has 11 aromatic rings. The molecule has 256 valence electrons. The molecule has 0 aliphatic heterocycles. The molecular formula is C52H33N3. The smallest absolute Gasteiger partial charge is 0.0715 e. The predicted molar refractivity (Wildman–Crippen MR) is 231 cm³/mol. The first-order valence-electron chi connectivity index (χ1n) is 18.7. The van der Waals surface area contributed by atoms with Gasteiger partial charge >= 0.3 is 0 Å². The van der Waals surface area contributed by atoms with E-state index in [0.29, 0.717) is 0 Å². The third-order valence-corrected chi connectivity index (χ3v) is 11.0. The van der Waals surface area contributed by atoms with Crippen LogP contribution in [-0.2, 0) is 0 Å². The fourth-order valence-corrected chi connectivity index (χ4v) is 8.66. The zero-order chi connectivity index (χ0) is 36.3. The van der Waals surface area contributed by atoms with Gasteiger partial charge in [-0.15, -0.1) is 0 Å². The number of hydrogen-bond acceptors (Lipinski definition) is 2. The molecular weight excluding hydrogens is 667 g/mol. The molecule has 3 nitrogen and oxygen atoms in total. The van der Waals surface area contributed by atoms with Gasteiger partial charge in [-0.05, 0) is 85.9 Å². The summed E-state index contributed by atoms with van der Waals surface area (Å²) in [7, 11) is 0. The van der Waals surface area contributed by atoms with Crippen molar-refractivity contribution in [3.05, 3.63) is 200 Å². The van der Waals surface area contributed by atoms with Crippen LogP contribution in [0.3, 0.4) is 0 Å². The molecule has 55 heavy (non-hydrogen) atoms. The van der Waals surface area contributed by atoms with E-state index in [4.69, 9.17) is 4.98 Å². The largest absolute Gasteiger partial charge is 0.308 e. The zero-order valence-corrected chi connectivity index (χ0v) is 29.9. The van der Waals surface area contributed by atoms with Crippen molar-refractivity contribution in [3.63, 3.8) is 0 Å². The monoisotopic (exact) mass is 699 g/mol. The number of benzene rings is 8. The summed E-state index contributed by atoms with van der Waals surface area (Å²) < 4.78 is 2.53. The molecule has 0 bridgehead atoms. The maximum Gasteiger partial charge on any atom is 0.0715 e. The standard InChI is InChI=1S/C52H33N3/c1-3-15-36(16-4-1)48-50-49-42-22-11-9-20-40(42)44(47-25-13-24-46(54-47)35-28-30-53-31-29-35)33-45(49)41-21-10-12-23-43(41)52(50)55(51(48)37-17-5-2-6-18-37)39-27-26-34-14-7-8-19-38(34)32-39/h1-33H. The van der Waals surface area contributed by atoms with E-state index in [2.05, 4.69) is 185 Å². The first-order valence-corrected chi connectivity index (χ1v) is 18.7. The summed E-state index contributed by atoms with van der Waals surface area (Å²) in [5, 5.41) is 10.9. The van der Waals surface area contributed by atoms with Crippen LogP contribution in [0, 0.1) is 0 Å². The Morgan fingerprint density at radius 1 is 0.382 bits per heavy atom. The molecule has 0 aliphatic carbocycles. The van der Waals surface area contributed by atoms with Crippen molar-refractivity contribution in [2.75, 3.05) is 0 Å². The summed E-state index contributed by atoms with van der Waals surface area (Å²) >= 11 is 0. The minimum atomic E-state index is 0.927. The summed E-state index contributed by atoms with van der Waals surface area (Å²) in [6.45, 7) is 0. The van der Waals surface area contributed by atoms with Crippen molar-refractivity contribution in [2.45, 2.75) is 0 Å². The fraction of sp³-hybridized carbons (Fsp3) is 0. The Balaban J connectivity index is 1.36. The lowest BCUT2D eigenvalue weighted by Crippen LogP contribution is -1.98. The molecule has 3 heterocycles. The third-order valence-electron chi connectivity index (χ3n) is 11.0. The van der Waals surface area contributed by atoms with E-state index < -0.39 is 0 Å². The topological polar surface area (TPSA) is 30.7 Å². The Morgan fingerprint density at radius 2 is 1.02 bits per heavy atom. The number of pyridine rings is 2. The molecule has 0 atom stereocenters. The van der Waals surface area contributed by atoms with E-state index in [0.717, 1.165) is 28.2 Å². The molecule has 0 saturated carbocycles. The molecule has 0 unspecified atom stereocenters. The highest BCUT2D eigenvalue weighted by molar-refractivity contribution is 6.36. The van der Waals surface area contributed by atoms with Crippen molar-refractivity contribution < 1.29 is 0 Å². The molecule has 0 saturated heterocycles. The van der Waals surface area contributed by atoms with E-state index in [9.17, 15) is 0 Å². The molecule has 3 heteroatoms. The van der Waals surface area contributed by atoms with Crippen LogP contribution in [0.15, 0.2) is 200 Å². The number of fused-ring (bicyclic) bond motifs is 9. The van der Waals surface area contributed by atoms with Gasteiger partial charge in [-0.2, -0.15) is 0 Å². The average molecular weight is 700 g/mol. The van der Waals surface area contributed by atoms with E-state index >= 15 is 0 Å². The van der Waals surface area contributed by atoms with Crippen molar-refractivity contribution in [1.29, 1.82) is 0 Å². The Bertz CT molecular complexity index is 3240. The Labute approximate surface area is 318 Å². The zero-order valence-electron chi connectivity index (χ0n) is 29.9. The van der Waals surface area contributed by atoms with Crippen LogP contribution in [0.1, 0.15) is 0 Å². The normalized spacial score (nSPS) is 11.6. The van der Waals surface area contributed by atoms with Crippen LogP contribution in [0.4, 0.5) is 0 Å². The van der Waals surface area contributed by atoms with Crippen LogP contribution in [0.25, 0.3) is 105 Å². The second-order valence-corrected chi connectivity index (χ2v) is 14.1. The van der Waals surface area contributed by atoms with Gasteiger partial charge in [0.05, 0.1) is 22.6 Å². The fourth-order valence-electron chi connectivity index (χ4n) is 8.66. The molecule has 0 spiro atoms. The molecule has 0 amide bonds.